The van der Waals surface area contributed by atoms with Crippen LogP contribution in [0.2, 0.25) is 0 Å². The van der Waals surface area contributed by atoms with Gasteiger partial charge in [0.25, 0.3) is 0 Å². The maximum Gasteiger partial charge on any atom is 0.316 e. The number of likely N-dealkylation sites (tertiary alicyclic amines) is 1. The molecule has 0 aliphatic carbocycles. The van der Waals surface area contributed by atoms with Gasteiger partial charge in [0.15, 0.2) is 5.78 Å². The van der Waals surface area contributed by atoms with Gasteiger partial charge in [-0.15, -0.1) is 0 Å². The summed E-state index contributed by atoms with van der Waals surface area (Å²) in [4.78, 5) is 36.8. The summed E-state index contributed by atoms with van der Waals surface area (Å²) in [5.41, 5.74) is 0.478. The van der Waals surface area contributed by atoms with Crippen molar-refractivity contribution in [3.05, 3.63) is 35.6 Å². The molecule has 2 rings (SSSR count). The lowest BCUT2D eigenvalue weighted by Crippen LogP contribution is -2.46. The van der Waals surface area contributed by atoms with E-state index >= 15 is 0 Å². The van der Waals surface area contributed by atoms with E-state index in [1.165, 1.54) is 18.1 Å². The number of nitrogens with zero attached hydrogens (tertiary/aromatic N) is 1. The molecule has 0 aromatic heterocycles. The molecule has 1 atom stereocenters. The van der Waals surface area contributed by atoms with E-state index in [9.17, 15) is 18.8 Å². The zero-order valence-corrected chi connectivity index (χ0v) is 12.4. The third-order valence-electron chi connectivity index (χ3n) is 3.83. The molecule has 1 unspecified atom stereocenters. The number of hydrogen-bond donors (Lipinski definition) is 0. The third-order valence-corrected chi connectivity index (χ3v) is 3.83. The van der Waals surface area contributed by atoms with Gasteiger partial charge in [0.2, 0.25) is 5.91 Å². The Morgan fingerprint density at radius 1 is 1.36 bits per heavy atom. The molecule has 22 heavy (non-hydrogen) atoms. The van der Waals surface area contributed by atoms with E-state index in [1.54, 1.807) is 18.2 Å². The number of benzene rings is 1. The molecule has 5 nitrogen and oxygen atoms in total. The Labute approximate surface area is 128 Å². The predicted molar refractivity (Wildman–Crippen MR) is 76.4 cm³/mol. The van der Waals surface area contributed by atoms with Crippen LogP contribution in [0, 0.1) is 11.7 Å². The molecule has 0 bridgehead atoms. The molecule has 6 heteroatoms. The topological polar surface area (TPSA) is 63.7 Å². The van der Waals surface area contributed by atoms with E-state index in [0.717, 1.165) is 0 Å². The highest BCUT2D eigenvalue weighted by Crippen LogP contribution is 2.17. The summed E-state index contributed by atoms with van der Waals surface area (Å²) < 4.78 is 18.1. The van der Waals surface area contributed by atoms with Crippen LogP contribution in [0.5, 0.6) is 0 Å². The second kappa shape index (κ2) is 7.15. The summed E-state index contributed by atoms with van der Waals surface area (Å²) >= 11 is 0. The summed E-state index contributed by atoms with van der Waals surface area (Å²) in [6.45, 7) is 0.248. The van der Waals surface area contributed by atoms with Crippen molar-refractivity contribution < 1.29 is 23.5 Å². The molecule has 1 saturated heterocycles. The van der Waals surface area contributed by atoms with E-state index in [1.807, 2.05) is 0 Å². The van der Waals surface area contributed by atoms with E-state index in [0.29, 0.717) is 12.1 Å². The number of halogens is 1. The molecule has 0 saturated carbocycles. The van der Waals surface area contributed by atoms with E-state index in [2.05, 4.69) is 4.74 Å². The number of carbonyl (C=O) groups excluding carboxylic acids is 3. The first kappa shape index (κ1) is 16.1. The Kier molecular flexibility index (Phi) is 5.25. The first-order valence-corrected chi connectivity index (χ1v) is 7.14. The number of Topliss-reactive ketones (excluding diaryl/α,β-unsaturated/α-hetero) is 1. The quantitative estimate of drug-likeness (QED) is 0.622. The van der Waals surface area contributed by atoms with Crippen LogP contribution < -0.4 is 0 Å². The summed E-state index contributed by atoms with van der Waals surface area (Å²) in [6, 6.07) is 6.30. The predicted octanol–water partition coefficient (Wildman–Crippen LogP) is 1.35. The van der Waals surface area contributed by atoms with Gasteiger partial charge < -0.3 is 9.64 Å². The van der Waals surface area contributed by atoms with Crippen LogP contribution >= 0.6 is 0 Å². The summed E-state index contributed by atoms with van der Waals surface area (Å²) in [5, 5.41) is 0. The van der Waals surface area contributed by atoms with Gasteiger partial charge in [-0.1, -0.05) is 18.2 Å². The smallest absolute Gasteiger partial charge is 0.316 e. The van der Waals surface area contributed by atoms with Crippen LogP contribution in [0.1, 0.15) is 18.4 Å². The van der Waals surface area contributed by atoms with Crippen molar-refractivity contribution in [3.63, 3.8) is 0 Å². The highest BCUT2D eigenvalue weighted by atomic mass is 19.1. The number of esters is 1. The SMILES string of the molecule is COC(=O)C1CCN(C(=O)CCc2ccccc2F)CC1=O. The first-order valence-electron chi connectivity index (χ1n) is 7.14. The molecule has 0 N–H and O–H groups in total. The fourth-order valence-electron chi connectivity index (χ4n) is 2.53. The highest BCUT2D eigenvalue weighted by Gasteiger charge is 2.34. The van der Waals surface area contributed by atoms with Gasteiger partial charge >= 0.3 is 5.97 Å². The Hall–Kier alpha value is -2.24. The van der Waals surface area contributed by atoms with Crippen LogP contribution in [0.25, 0.3) is 0 Å². The second-order valence-electron chi connectivity index (χ2n) is 5.24. The average Bonchev–Trinajstić information content (AvgIpc) is 2.53. The normalized spacial score (nSPS) is 18.2. The van der Waals surface area contributed by atoms with Crippen LogP contribution in [0.15, 0.2) is 24.3 Å². The van der Waals surface area contributed by atoms with Crippen LogP contribution in [-0.2, 0) is 25.5 Å². The molecule has 1 aromatic rings. The lowest BCUT2D eigenvalue weighted by Gasteiger charge is -2.29. The van der Waals surface area contributed by atoms with E-state index in [-0.39, 0.29) is 43.3 Å². The van der Waals surface area contributed by atoms with Crippen molar-refractivity contribution in [1.29, 1.82) is 0 Å². The number of piperidine rings is 1. The molecule has 0 radical (unpaired) electrons. The Bertz CT molecular complexity index is 587. The highest BCUT2D eigenvalue weighted by molar-refractivity contribution is 6.01. The van der Waals surface area contributed by atoms with Crippen molar-refractivity contribution in [2.45, 2.75) is 19.3 Å². The van der Waals surface area contributed by atoms with Crippen molar-refractivity contribution in [2.24, 2.45) is 5.92 Å². The van der Waals surface area contributed by atoms with Gasteiger partial charge in [-0.05, 0) is 24.5 Å². The number of ether oxygens (including phenoxy) is 1. The van der Waals surface area contributed by atoms with Crippen LogP contribution in [0.4, 0.5) is 4.39 Å². The Balaban J connectivity index is 1.88. The monoisotopic (exact) mass is 307 g/mol. The largest absolute Gasteiger partial charge is 0.468 e. The van der Waals surface area contributed by atoms with Crippen molar-refractivity contribution in [1.82, 2.24) is 4.90 Å². The van der Waals surface area contributed by atoms with Gasteiger partial charge in [-0.2, -0.15) is 0 Å². The maximum absolute atomic E-state index is 13.5. The molecule has 118 valence electrons. The molecular weight excluding hydrogens is 289 g/mol. The van der Waals surface area contributed by atoms with Crippen molar-refractivity contribution in [2.75, 3.05) is 20.2 Å². The van der Waals surface area contributed by atoms with Gasteiger partial charge in [0, 0.05) is 13.0 Å². The first-order chi connectivity index (χ1) is 10.5. The Morgan fingerprint density at radius 3 is 2.73 bits per heavy atom. The Morgan fingerprint density at radius 2 is 2.09 bits per heavy atom. The zero-order valence-electron chi connectivity index (χ0n) is 12.4. The second-order valence-corrected chi connectivity index (χ2v) is 5.24. The van der Waals surface area contributed by atoms with Gasteiger partial charge in [0.1, 0.15) is 11.7 Å². The zero-order chi connectivity index (χ0) is 16.1. The fourth-order valence-corrected chi connectivity index (χ4v) is 2.53. The maximum atomic E-state index is 13.5. The lowest BCUT2D eigenvalue weighted by atomic mass is 9.95. The molecule has 1 fully saturated rings. The minimum atomic E-state index is -0.777. The van der Waals surface area contributed by atoms with Gasteiger partial charge in [-0.25, -0.2) is 4.39 Å². The van der Waals surface area contributed by atoms with Crippen molar-refractivity contribution >= 4 is 17.7 Å². The standard InChI is InChI=1S/C16H18FNO4/c1-22-16(21)12-8-9-18(10-14(12)19)15(20)7-6-11-4-2-3-5-13(11)17/h2-5,12H,6-10H2,1H3. The number of rotatable bonds is 4. The molecule has 1 amide bonds. The number of aryl methyl sites for hydroxylation is 1. The number of hydrogen-bond acceptors (Lipinski definition) is 4. The summed E-state index contributed by atoms with van der Waals surface area (Å²) in [7, 11) is 1.24. The van der Waals surface area contributed by atoms with Crippen LogP contribution in [-0.4, -0.2) is 42.8 Å². The number of methoxy groups -OCH3 is 1. The van der Waals surface area contributed by atoms with E-state index in [4.69, 9.17) is 0 Å². The van der Waals surface area contributed by atoms with Crippen LogP contribution in [0.3, 0.4) is 0 Å². The molecule has 1 aromatic carbocycles. The number of carbonyl (C=O) groups is 3. The average molecular weight is 307 g/mol. The third kappa shape index (κ3) is 3.69. The minimum Gasteiger partial charge on any atom is -0.468 e. The van der Waals surface area contributed by atoms with Gasteiger partial charge in [-0.3, -0.25) is 14.4 Å². The molecule has 0 spiro atoms. The molecule has 1 heterocycles. The van der Waals surface area contributed by atoms with E-state index < -0.39 is 11.9 Å². The summed E-state index contributed by atoms with van der Waals surface area (Å²) in [5.74, 6) is -2.18. The number of ketones is 1. The molecular formula is C16H18FNO4. The lowest BCUT2D eigenvalue weighted by molar-refractivity contribution is -0.154. The molecule has 1 aliphatic rings. The van der Waals surface area contributed by atoms with Crippen molar-refractivity contribution in [3.8, 4) is 0 Å². The number of amides is 1. The fraction of sp³-hybridized carbons (Fsp3) is 0.438. The summed E-state index contributed by atoms with van der Waals surface area (Å²) in [6.07, 6.45) is 0.699. The molecule has 1 aliphatic heterocycles. The van der Waals surface area contributed by atoms with Gasteiger partial charge in [0.05, 0.1) is 13.7 Å². The minimum absolute atomic E-state index is 0.0874.